The van der Waals surface area contributed by atoms with Crippen molar-refractivity contribution in [3.8, 4) is 0 Å². The Morgan fingerprint density at radius 1 is 1.19 bits per heavy atom. The zero-order chi connectivity index (χ0) is 18.9. The molecule has 7 heteroatoms. The number of nitrogens with zero attached hydrogens (tertiary/aromatic N) is 1. The Balaban J connectivity index is 1.45. The highest BCUT2D eigenvalue weighted by atomic mass is 32.1. The molecule has 2 amide bonds. The molecule has 3 rings (SSSR count). The lowest BCUT2D eigenvalue weighted by Gasteiger charge is -2.34. The Morgan fingerprint density at radius 2 is 2.00 bits per heavy atom. The Labute approximate surface area is 165 Å². The van der Waals surface area contributed by atoms with Gasteiger partial charge in [-0.15, -0.1) is 0 Å². The first-order chi connectivity index (χ1) is 13.2. The third kappa shape index (κ3) is 6.16. The van der Waals surface area contributed by atoms with Gasteiger partial charge in [-0.3, -0.25) is 14.5 Å². The number of allylic oxidation sites excluding steroid dienone is 1. The van der Waals surface area contributed by atoms with Crippen LogP contribution in [-0.4, -0.2) is 56.1 Å². The maximum absolute atomic E-state index is 12.2. The number of ether oxygens (including phenoxy) is 1. The van der Waals surface area contributed by atoms with Crippen LogP contribution in [0.15, 0.2) is 28.5 Å². The van der Waals surface area contributed by atoms with Gasteiger partial charge < -0.3 is 15.4 Å². The smallest absolute Gasteiger partial charge is 0.309 e. The normalized spacial score (nSPS) is 19.2. The van der Waals surface area contributed by atoms with Gasteiger partial charge in [0.25, 0.3) is 0 Å². The number of carbonyl (C=O) groups is 2. The van der Waals surface area contributed by atoms with E-state index < -0.39 is 11.8 Å². The molecular formula is C20H29N3O3S. The van der Waals surface area contributed by atoms with E-state index in [4.69, 9.17) is 4.74 Å². The monoisotopic (exact) mass is 391 g/mol. The molecule has 0 aromatic carbocycles. The van der Waals surface area contributed by atoms with Crippen molar-refractivity contribution in [1.82, 2.24) is 15.5 Å². The van der Waals surface area contributed by atoms with Crippen LogP contribution in [0, 0.1) is 0 Å². The fourth-order valence-electron chi connectivity index (χ4n) is 3.63. The van der Waals surface area contributed by atoms with Crippen LogP contribution in [0.3, 0.4) is 0 Å². The quantitative estimate of drug-likeness (QED) is 0.552. The minimum absolute atomic E-state index is 0.0734. The van der Waals surface area contributed by atoms with E-state index in [2.05, 4.69) is 33.1 Å². The summed E-state index contributed by atoms with van der Waals surface area (Å²) >= 11 is 1.64. The van der Waals surface area contributed by atoms with Crippen molar-refractivity contribution in [2.24, 2.45) is 0 Å². The fraction of sp³-hybridized carbons (Fsp3) is 0.600. The SMILES string of the molecule is O=C(NCCC1=CCCCC1)C(=O)NC[C@H](c1ccsc1)N1CCOCC1. The number of amides is 2. The molecular weight excluding hydrogens is 362 g/mol. The zero-order valence-corrected chi connectivity index (χ0v) is 16.6. The number of hydrogen-bond donors (Lipinski definition) is 2. The van der Waals surface area contributed by atoms with Crippen molar-refractivity contribution in [2.45, 2.75) is 38.1 Å². The summed E-state index contributed by atoms with van der Waals surface area (Å²) in [6, 6.07) is 2.15. The highest BCUT2D eigenvalue weighted by molar-refractivity contribution is 7.07. The van der Waals surface area contributed by atoms with Crippen LogP contribution < -0.4 is 10.6 Å². The lowest BCUT2D eigenvalue weighted by atomic mass is 9.97. The van der Waals surface area contributed by atoms with Crippen molar-refractivity contribution in [3.05, 3.63) is 34.0 Å². The molecule has 0 unspecified atom stereocenters. The lowest BCUT2D eigenvalue weighted by Crippen LogP contribution is -2.46. The second-order valence-electron chi connectivity index (χ2n) is 7.04. The molecule has 1 aliphatic heterocycles. The molecule has 1 aromatic heterocycles. The molecule has 6 nitrogen and oxygen atoms in total. The van der Waals surface area contributed by atoms with Crippen molar-refractivity contribution in [3.63, 3.8) is 0 Å². The molecule has 1 fully saturated rings. The Bertz CT molecular complexity index is 639. The molecule has 1 aliphatic carbocycles. The molecule has 1 aromatic rings. The van der Waals surface area contributed by atoms with Crippen LogP contribution in [0.5, 0.6) is 0 Å². The van der Waals surface area contributed by atoms with Gasteiger partial charge in [-0.05, 0) is 54.5 Å². The highest BCUT2D eigenvalue weighted by Gasteiger charge is 2.24. The van der Waals surface area contributed by atoms with Gasteiger partial charge in [0.15, 0.2) is 0 Å². The van der Waals surface area contributed by atoms with E-state index in [1.165, 1.54) is 24.0 Å². The molecule has 2 heterocycles. The first kappa shape index (κ1) is 20.0. The number of rotatable bonds is 7. The van der Waals surface area contributed by atoms with Gasteiger partial charge >= 0.3 is 11.8 Å². The van der Waals surface area contributed by atoms with E-state index in [0.29, 0.717) is 26.3 Å². The first-order valence-corrected chi connectivity index (χ1v) is 10.8. The maximum Gasteiger partial charge on any atom is 0.309 e. The molecule has 0 bridgehead atoms. The van der Waals surface area contributed by atoms with Gasteiger partial charge in [-0.25, -0.2) is 0 Å². The summed E-state index contributed by atoms with van der Waals surface area (Å²) in [4.78, 5) is 26.6. The van der Waals surface area contributed by atoms with Crippen molar-refractivity contribution in [1.29, 1.82) is 0 Å². The van der Waals surface area contributed by atoms with Crippen LogP contribution in [0.4, 0.5) is 0 Å². The second-order valence-corrected chi connectivity index (χ2v) is 7.82. The first-order valence-electron chi connectivity index (χ1n) is 9.82. The summed E-state index contributed by atoms with van der Waals surface area (Å²) in [5.74, 6) is -1.10. The number of nitrogens with one attached hydrogen (secondary N) is 2. The molecule has 1 saturated heterocycles. The topological polar surface area (TPSA) is 70.7 Å². The van der Waals surface area contributed by atoms with E-state index >= 15 is 0 Å². The van der Waals surface area contributed by atoms with E-state index in [-0.39, 0.29) is 6.04 Å². The zero-order valence-electron chi connectivity index (χ0n) is 15.7. The molecule has 148 valence electrons. The van der Waals surface area contributed by atoms with Crippen LogP contribution in [0.1, 0.15) is 43.7 Å². The number of morpholine rings is 1. The van der Waals surface area contributed by atoms with E-state index in [0.717, 1.165) is 32.4 Å². The summed E-state index contributed by atoms with van der Waals surface area (Å²) in [6.07, 6.45) is 7.84. The van der Waals surface area contributed by atoms with Crippen LogP contribution in [-0.2, 0) is 14.3 Å². The summed E-state index contributed by atoms with van der Waals surface area (Å²) < 4.78 is 5.43. The molecule has 0 radical (unpaired) electrons. The van der Waals surface area contributed by atoms with Crippen molar-refractivity contribution < 1.29 is 14.3 Å². The molecule has 0 saturated carbocycles. The standard InChI is InChI=1S/C20H29N3O3S/c24-19(21-8-6-16-4-2-1-3-5-16)20(25)22-14-18(17-7-13-27-15-17)23-9-11-26-12-10-23/h4,7,13,15,18H,1-3,5-6,8-12,14H2,(H,21,24)(H,22,25)/t18-/m1/s1. The van der Waals surface area contributed by atoms with Gasteiger partial charge in [-0.2, -0.15) is 11.3 Å². The minimum atomic E-state index is -0.555. The molecule has 27 heavy (non-hydrogen) atoms. The van der Waals surface area contributed by atoms with E-state index in [1.807, 2.05) is 5.38 Å². The van der Waals surface area contributed by atoms with Crippen LogP contribution >= 0.6 is 11.3 Å². The van der Waals surface area contributed by atoms with Crippen molar-refractivity contribution >= 4 is 23.2 Å². The van der Waals surface area contributed by atoms with Crippen LogP contribution in [0.25, 0.3) is 0 Å². The van der Waals surface area contributed by atoms with Gasteiger partial charge in [0.2, 0.25) is 0 Å². The molecule has 0 spiro atoms. The Hall–Kier alpha value is -1.70. The average Bonchev–Trinajstić information content (AvgIpc) is 3.24. The van der Waals surface area contributed by atoms with Gasteiger partial charge in [-0.1, -0.05) is 11.6 Å². The third-order valence-electron chi connectivity index (χ3n) is 5.19. The Kier molecular flexibility index (Phi) is 7.86. The highest BCUT2D eigenvalue weighted by Crippen LogP contribution is 2.23. The molecule has 2 aliphatic rings. The average molecular weight is 392 g/mol. The molecule has 2 N–H and O–H groups in total. The lowest BCUT2D eigenvalue weighted by molar-refractivity contribution is -0.139. The van der Waals surface area contributed by atoms with Gasteiger partial charge in [0.05, 0.1) is 19.3 Å². The summed E-state index contributed by atoms with van der Waals surface area (Å²) in [5.41, 5.74) is 2.57. The third-order valence-corrected chi connectivity index (χ3v) is 5.89. The number of thiophene rings is 1. The van der Waals surface area contributed by atoms with Crippen LogP contribution in [0.2, 0.25) is 0 Å². The van der Waals surface area contributed by atoms with Crippen molar-refractivity contribution in [2.75, 3.05) is 39.4 Å². The Morgan fingerprint density at radius 3 is 2.70 bits per heavy atom. The van der Waals surface area contributed by atoms with E-state index in [9.17, 15) is 9.59 Å². The fourth-order valence-corrected chi connectivity index (χ4v) is 4.34. The van der Waals surface area contributed by atoms with Gasteiger partial charge in [0, 0.05) is 26.2 Å². The number of hydrogen-bond acceptors (Lipinski definition) is 5. The molecule has 1 atom stereocenters. The summed E-state index contributed by atoms with van der Waals surface area (Å²) in [6.45, 7) is 4.01. The van der Waals surface area contributed by atoms with E-state index in [1.54, 1.807) is 11.3 Å². The van der Waals surface area contributed by atoms with Gasteiger partial charge in [0.1, 0.15) is 0 Å². The predicted octanol–water partition coefficient (Wildman–Crippen LogP) is 2.24. The second kappa shape index (κ2) is 10.6. The summed E-state index contributed by atoms with van der Waals surface area (Å²) in [7, 11) is 0. The largest absolute Gasteiger partial charge is 0.379 e. The maximum atomic E-state index is 12.2. The number of carbonyl (C=O) groups excluding carboxylic acids is 2. The predicted molar refractivity (Wildman–Crippen MR) is 107 cm³/mol. The summed E-state index contributed by atoms with van der Waals surface area (Å²) in [5, 5.41) is 9.70. The minimum Gasteiger partial charge on any atom is -0.379 e.